The molecule has 1 rings (SSSR count). The molecule has 1 N–H and O–H groups in total. The zero-order chi connectivity index (χ0) is 16.2. The molecular weight excluding hydrogens is 296 g/mol. The average molecular weight is 312 g/mol. The third-order valence-corrected chi connectivity index (χ3v) is 4.57. The lowest BCUT2D eigenvalue weighted by Crippen LogP contribution is -2.14. The molecule has 21 heavy (non-hydrogen) atoms. The molecule has 0 aromatic heterocycles. The summed E-state index contributed by atoms with van der Waals surface area (Å²) >= 11 is 0. The van der Waals surface area contributed by atoms with E-state index in [0.29, 0.717) is 11.6 Å². The second-order valence-corrected chi connectivity index (χ2v) is 6.54. The number of carbonyl (C=O) groups is 2. The van der Waals surface area contributed by atoms with Crippen LogP contribution in [0.3, 0.4) is 0 Å². The number of esters is 1. The first-order valence-electron chi connectivity index (χ1n) is 6.09. The Bertz CT molecular complexity index is 700. The minimum Gasteiger partial charge on any atom is -0.507 e. The SMILES string of the molecule is CCS(=O)(=O)c1ccc(C)cc1/C(O)=C/C(=O)C(=O)OC. The molecule has 1 aromatic rings. The molecular formula is C14H16O6S. The summed E-state index contributed by atoms with van der Waals surface area (Å²) in [7, 11) is -2.55. The van der Waals surface area contributed by atoms with E-state index in [4.69, 9.17) is 0 Å². The fourth-order valence-electron chi connectivity index (χ4n) is 1.63. The summed E-state index contributed by atoms with van der Waals surface area (Å²) < 4.78 is 28.2. The summed E-state index contributed by atoms with van der Waals surface area (Å²) in [5.41, 5.74) is 0.680. The number of aryl methyl sites for hydroxylation is 1. The van der Waals surface area contributed by atoms with Crippen LogP contribution in [-0.2, 0) is 24.2 Å². The van der Waals surface area contributed by atoms with Gasteiger partial charge in [-0.1, -0.05) is 18.6 Å². The first kappa shape index (κ1) is 16.9. The van der Waals surface area contributed by atoms with Crippen LogP contribution in [0.4, 0.5) is 0 Å². The normalized spacial score (nSPS) is 12.0. The van der Waals surface area contributed by atoms with Crippen LogP contribution in [-0.4, -0.2) is 38.1 Å². The first-order valence-corrected chi connectivity index (χ1v) is 7.75. The largest absolute Gasteiger partial charge is 0.507 e. The molecule has 0 saturated carbocycles. The van der Waals surface area contributed by atoms with Gasteiger partial charge in [0.15, 0.2) is 9.84 Å². The number of rotatable bonds is 5. The third kappa shape index (κ3) is 3.91. The van der Waals surface area contributed by atoms with Gasteiger partial charge in [-0.2, -0.15) is 0 Å². The maximum atomic E-state index is 12.0. The van der Waals surface area contributed by atoms with E-state index in [1.54, 1.807) is 13.0 Å². The van der Waals surface area contributed by atoms with Crippen LogP contribution in [0.1, 0.15) is 18.1 Å². The summed E-state index contributed by atoms with van der Waals surface area (Å²) in [4.78, 5) is 22.4. The summed E-state index contributed by atoms with van der Waals surface area (Å²) in [6.45, 7) is 3.18. The lowest BCUT2D eigenvalue weighted by molar-refractivity contribution is -0.149. The van der Waals surface area contributed by atoms with Crippen LogP contribution in [0.15, 0.2) is 29.2 Å². The summed E-state index contributed by atoms with van der Waals surface area (Å²) in [5.74, 6) is -2.96. The van der Waals surface area contributed by atoms with Crippen molar-refractivity contribution >= 4 is 27.3 Å². The van der Waals surface area contributed by atoms with Gasteiger partial charge in [-0.25, -0.2) is 13.2 Å². The van der Waals surface area contributed by atoms with Crippen molar-refractivity contribution in [3.63, 3.8) is 0 Å². The van der Waals surface area contributed by atoms with Gasteiger partial charge in [0.2, 0.25) is 0 Å². The molecule has 0 amide bonds. The highest BCUT2D eigenvalue weighted by atomic mass is 32.2. The molecule has 0 spiro atoms. The fourth-order valence-corrected chi connectivity index (χ4v) is 2.72. The van der Waals surface area contributed by atoms with E-state index in [-0.39, 0.29) is 16.2 Å². The summed E-state index contributed by atoms with van der Waals surface area (Å²) in [5, 5.41) is 9.97. The van der Waals surface area contributed by atoms with Gasteiger partial charge in [-0.15, -0.1) is 0 Å². The molecule has 114 valence electrons. The predicted octanol–water partition coefficient (Wildman–Crippen LogP) is 1.43. The van der Waals surface area contributed by atoms with Crippen LogP contribution >= 0.6 is 0 Å². The van der Waals surface area contributed by atoms with Gasteiger partial charge in [0.25, 0.3) is 5.78 Å². The van der Waals surface area contributed by atoms with Gasteiger partial charge in [0, 0.05) is 11.6 Å². The van der Waals surface area contributed by atoms with Crippen LogP contribution in [0, 0.1) is 6.92 Å². The monoisotopic (exact) mass is 312 g/mol. The molecule has 0 fully saturated rings. The molecule has 0 aliphatic rings. The minimum absolute atomic E-state index is 0.0193. The third-order valence-electron chi connectivity index (χ3n) is 2.78. The minimum atomic E-state index is -3.58. The number of carbonyl (C=O) groups excluding carboxylic acids is 2. The zero-order valence-electron chi connectivity index (χ0n) is 11.9. The Labute approximate surface area is 123 Å². The molecule has 0 bridgehead atoms. The van der Waals surface area contributed by atoms with Gasteiger partial charge in [-0.05, 0) is 19.1 Å². The molecule has 7 heteroatoms. The Balaban J connectivity index is 3.42. The number of hydrogen-bond acceptors (Lipinski definition) is 6. The quantitative estimate of drug-likeness (QED) is 0.382. The van der Waals surface area contributed by atoms with Gasteiger partial charge in [0.05, 0.1) is 17.8 Å². The van der Waals surface area contributed by atoms with Crippen LogP contribution in [0.25, 0.3) is 5.76 Å². The summed E-state index contributed by atoms with van der Waals surface area (Å²) in [6, 6.07) is 4.37. The van der Waals surface area contributed by atoms with E-state index in [0.717, 1.165) is 7.11 Å². The summed E-state index contributed by atoms with van der Waals surface area (Å²) in [6.07, 6.45) is 0.648. The van der Waals surface area contributed by atoms with Crippen LogP contribution in [0.5, 0.6) is 0 Å². The van der Waals surface area contributed by atoms with E-state index in [1.165, 1.54) is 19.1 Å². The Morgan fingerprint density at radius 1 is 1.33 bits per heavy atom. The van der Waals surface area contributed by atoms with Gasteiger partial charge < -0.3 is 9.84 Å². The smallest absolute Gasteiger partial charge is 0.378 e. The second-order valence-electron chi connectivity index (χ2n) is 4.29. The molecule has 0 heterocycles. The van der Waals surface area contributed by atoms with E-state index >= 15 is 0 Å². The van der Waals surface area contributed by atoms with E-state index in [1.807, 2.05) is 0 Å². The lowest BCUT2D eigenvalue weighted by Gasteiger charge is -2.09. The van der Waals surface area contributed by atoms with Crippen molar-refractivity contribution in [2.75, 3.05) is 12.9 Å². The zero-order valence-corrected chi connectivity index (χ0v) is 12.7. The van der Waals surface area contributed by atoms with Crippen molar-refractivity contribution < 1.29 is 27.9 Å². The van der Waals surface area contributed by atoms with Crippen molar-refractivity contribution in [3.8, 4) is 0 Å². The Hall–Kier alpha value is -2.15. The number of aliphatic hydroxyl groups is 1. The van der Waals surface area contributed by atoms with Gasteiger partial charge in [0.1, 0.15) is 5.76 Å². The topological polar surface area (TPSA) is 97.7 Å². The molecule has 0 saturated heterocycles. The van der Waals surface area contributed by atoms with Crippen LogP contribution in [0.2, 0.25) is 0 Å². The van der Waals surface area contributed by atoms with Gasteiger partial charge >= 0.3 is 5.97 Å². The number of sulfone groups is 1. The molecule has 6 nitrogen and oxygen atoms in total. The van der Waals surface area contributed by atoms with Crippen molar-refractivity contribution in [1.29, 1.82) is 0 Å². The Morgan fingerprint density at radius 2 is 1.95 bits per heavy atom. The molecule has 0 radical (unpaired) electrons. The van der Waals surface area contributed by atoms with E-state index < -0.39 is 27.3 Å². The fraction of sp³-hybridized carbons (Fsp3) is 0.286. The van der Waals surface area contributed by atoms with Crippen LogP contribution < -0.4 is 0 Å². The first-order chi connectivity index (χ1) is 9.72. The standard InChI is InChI=1S/C14H16O6S/c1-4-21(18,19)13-6-5-9(2)7-10(13)11(15)8-12(16)14(17)20-3/h5-8,15H,4H2,1-3H3/b11-8-. The molecule has 1 aromatic carbocycles. The maximum absolute atomic E-state index is 12.0. The number of hydrogen-bond donors (Lipinski definition) is 1. The highest BCUT2D eigenvalue weighted by Crippen LogP contribution is 2.24. The second kappa shape index (κ2) is 6.53. The van der Waals surface area contributed by atoms with Crippen molar-refractivity contribution in [1.82, 2.24) is 0 Å². The average Bonchev–Trinajstić information content (AvgIpc) is 2.45. The molecule has 0 unspecified atom stereocenters. The predicted molar refractivity (Wildman–Crippen MR) is 76.5 cm³/mol. The number of benzene rings is 1. The van der Waals surface area contributed by atoms with E-state index in [9.17, 15) is 23.1 Å². The Kier molecular flexibility index (Phi) is 5.26. The molecule has 0 atom stereocenters. The van der Waals surface area contributed by atoms with Gasteiger partial charge in [-0.3, -0.25) is 4.79 Å². The van der Waals surface area contributed by atoms with Crippen molar-refractivity contribution in [2.24, 2.45) is 0 Å². The molecule has 0 aliphatic carbocycles. The van der Waals surface area contributed by atoms with Crippen molar-refractivity contribution in [2.45, 2.75) is 18.7 Å². The Morgan fingerprint density at radius 3 is 2.48 bits per heavy atom. The molecule has 0 aliphatic heterocycles. The van der Waals surface area contributed by atoms with Crippen molar-refractivity contribution in [3.05, 3.63) is 35.4 Å². The highest BCUT2D eigenvalue weighted by molar-refractivity contribution is 7.91. The van der Waals surface area contributed by atoms with E-state index in [2.05, 4.69) is 4.74 Å². The number of ether oxygens (including phenoxy) is 1. The lowest BCUT2D eigenvalue weighted by atomic mass is 10.1. The maximum Gasteiger partial charge on any atom is 0.378 e. The number of ketones is 1. The highest BCUT2D eigenvalue weighted by Gasteiger charge is 2.20. The number of methoxy groups -OCH3 is 1. The number of aliphatic hydroxyl groups excluding tert-OH is 1.